The smallest absolute Gasteiger partial charge is 0.307 e. The topological polar surface area (TPSA) is 54.4 Å². The minimum absolute atomic E-state index is 0.0836. The molecule has 21 heavy (non-hydrogen) atoms. The molecule has 0 spiro atoms. The van der Waals surface area contributed by atoms with Crippen LogP contribution in [0.4, 0.5) is 4.39 Å². The highest BCUT2D eigenvalue weighted by Gasteiger charge is 2.12. The van der Waals surface area contributed by atoms with E-state index in [1.807, 2.05) is 0 Å². The fraction of sp³-hybridized carbons (Fsp3) is 0.133. The van der Waals surface area contributed by atoms with Crippen molar-refractivity contribution in [3.63, 3.8) is 0 Å². The van der Waals surface area contributed by atoms with E-state index in [-0.39, 0.29) is 17.2 Å². The van der Waals surface area contributed by atoms with Crippen LogP contribution in [0.2, 0.25) is 5.02 Å². The second-order valence-corrected chi connectivity index (χ2v) is 6.26. The third-order valence-electron chi connectivity index (χ3n) is 2.90. The van der Waals surface area contributed by atoms with Gasteiger partial charge in [0.05, 0.1) is 28.0 Å². The van der Waals surface area contributed by atoms with Crippen LogP contribution in [0.3, 0.4) is 0 Å². The van der Waals surface area contributed by atoms with E-state index >= 15 is 0 Å². The molecule has 110 valence electrons. The van der Waals surface area contributed by atoms with Crippen molar-refractivity contribution in [2.75, 3.05) is 0 Å². The van der Waals surface area contributed by atoms with Crippen molar-refractivity contribution in [2.45, 2.75) is 17.1 Å². The first-order chi connectivity index (χ1) is 9.97. The number of hydrogen-bond acceptors (Lipinski definition) is 2. The maximum absolute atomic E-state index is 13.1. The van der Waals surface area contributed by atoms with E-state index in [4.69, 9.17) is 16.7 Å². The van der Waals surface area contributed by atoms with Gasteiger partial charge in [-0.15, -0.1) is 0 Å². The molecule has 2 aromatic carbocycles. The molecule has 1 atom stereocenters. The van der Waals surface area contributed by atoms with Crippen LogP contribution < -0.4 is 0 Å². The summed E-state index contributed by atoms with van der Waals surface area (Å²) in [6.07, 6.45) is -0.127. The number of rotatable bonds is 5. The second kappa shape index (κ2) is 6.83. The summed E-state index contributed by atoms with van der Waals surface area (Å²) in [4.78, 5) is 11.2. The summed E-state index contributed by atoms with van der Waals surface area (Å²) in [7, 11) is -1.42. The summed E-state index contributed by atoms with van der Waals surface area (Å²) in [6, 6.07) is 10.8. The molecule has 0 radical (unpaired) electrons. The molecule has 3 nitrogen and oxygen atoms in total. The molecule has 0 heterocycles. The van der Waals surface area contributed by atoms with Crippen molar-refractivity contribution in [2.24, 2.45) is 0 Å². The average molecular weight is 327 g/mol. The molecule has 0 aliphatic carbocycles. The SMILES string of the molecule is O=C(O)Cc1ccccc1CS(=O)c1ccc(F)c(Cl)c1. The zero-order valence-corrected chi connectivity index (χ0v) is 12.5. The summed E-state index contributed by atoms with van der Waals surface area (Å²) in [6.45, 7) is 0. The Morgan fingerprint density at radius 1 is 1.19 bits per heavy atom. The van der Waals surface area contributed by atoms with Crippen molar-refractivity contribution >= 4 is 28.4 Å². The van der Waals surface area contributed by atoms with Crippen molar-refractivity contribution in [3.05, 3.63) is 64.4 Å². The van der Waals surface area contributed by atoms with Crippen molar-refractivity contribution in [1.29, 1.82) is 0 Å². The van der Waals surface area contributed by atoms with Crippen LogP contribution in [-0.4, -0.2) is 15.3 Å². The summed E-state index contributed by atoms with van der Waals surface area (Å²) >= 11 is 5.67. The van der Waals surface area contributed by atoms with Crippen LogP contribution in [-0.2, 0) is 27.8 Å². The van der Waals surface area contributed by atoms with Gasteiger partial charge < -0.3 is 5.11 Å². The van der Waals surface area contributed by atoms with Crippen LogP contribution in [0.1, 0.15) is 11.1 Å². The highest BCUT2D eigenvalue weighted by Crippen LogP contribution is 2.21. The number of carbonyl (C=O) groups is 1. The first-order valence-electron chi connectivity index (χ1n) is 6.09. The van der Waals surface area contributed by atoms with E-state index in [0.29, 0.717) is 16.0 Å². The standard InChI is InChI=1S/C15H12ClFO3S/c16-13-8-12(5-6-14(13)17)21(20)9-11-4-2-1-3-10(11)7-15(18)19/h1-6,8H,7,9H2,(H,18,19). The molecule has 0 fully saturated rings. The molecule has 1 unspecified atom stereocenters. The summed E-state index contributed by atoms with van der Waals surface area (Å²) in [5.41, 5.74) is 1.31. The Morgan fingerprint density at radius 2 is 1.86 bits per heavy atom. The fourth-order valence-electron chi connectivity index (χ4n) is 1.88. The lowest BCUT2D eigenvalue weighted by Gasteiger charge is -2.08. The predicted molar refractivity (Wildman–Crippen MR) is 79.3 cm³/mol. The Labute approximate surface area is 128 Å². The number of benzene rings is 2. The number of carboxylic acid groups (broad SMARTS) is 1. The van der Waals surface area contributed by atoms with Gasteiger partial charge in [0.15, 0.2) is 0 Å². The normalized spacial score (nSPS) is 12.1. The molecular weight excluding hydrogens is 315 g/mol. The van der Waals surface area contributed by atoms with Gasteiger partial charge in [0, 0.05) is 4.90 Å². The molecule has 0 amide bonds. The number of carboxylic acids is 1. The van der Waals surface area contributed by atoms with E-state index in [1.165, 1.54) is 18.2 Å². The largest absolute Gasteiger partial charge is 0.481 e. The zero-order valence-electron chi connectivity index (χ0n) is 10.9. The Bertz CT molecular complexity index is 703. The highest BCUT2D eigenvalue weighted by atomic mass is 35.5. The molecule has 0 aromatic heterocycles. The molecule has 0 aliphatic heterocycles. The van der Waals surface area contributed by atoms with Crippen LogP contribution in [0, 0.1) is 5.82 Å². The average Bonchev–Trinajstić information content (AvgIpc) is 2.43. The van der Waals surface area contributed by atoms with Crippen LogP contribution in [0.5, 0.6) is 0 Å². The lowest BCUT2D eigenvalue weighted by molar-refractivity contribution is -0.136. The molecule has 0 aliphatic rings. The maximum atomic E-state index is 13.1. The van der Waals surface area contributed by atoms with E-state index in [9.17, 15) is 13.4 Å². The van der Waals surface area contributed by atoms with Crippen LogP contribution >= 0.6 is 11.6 Å². The van der Waals surface area contributed by atoms with Gasteiger partial charge in [0.25, 0.3) is 0 Å². The third kappa shape index (κ3) is 4.12. The maximum Gasteiger partial charge on any atom is 0.307 e. The molecule has 0 bridgehead atoms. The third-order valence-corrected chi connectivity index (χ3v) is 4.54. The number of hydrogen-bond donors (Lipinski definition) is 1. The van der Waals surface area contributed by atoms with Gasteiger partial charge in [0.1, 0.15) is 5.82 Å². The van der Waals surface area contributed by atoms with Gasteiger partial charge in [-0.2, -0.15) is 0 Å². The van der Waals surface area contributed by atoms with Gasteiger partial charge in [-0.1, -0.05) is 35.9 Å². The van der Waals surface area contributed by atoms with Gasteiger partial charge in [-0.25, -0.2) is 4.39 Å². The Kier molecular flexibility index (Phi) is 5.09. The Hall–Kier alpha value is -1.72. The van der Waals surface area contributed by atoms with Crippen molar-refractivity contribution < 1.29 is 18.5 Å². The van der Waals surface area contributed by atoms with E-state index in [1.54, 1.807) is 24.3 Å². The summed E-state index contributed by atoms with van der Waals surface area (Å²) < 4.78 is 25.4. The fourth-order valence-corrected chi connectivity index (χ4v) is 3.32. The Balaban J connectivity index is 2.23. The van der Waals surface area contributed by atoms with Gasteiger partial charge in [-0.05, 0) is 29.3 Å². The van der Waals surface area contributed by atoms with E-state index in [2.05, 4.69) is 0 Å². The van der Waals surface area contributed by atoms with Crippen LogP contribution in [0.15, 0.2) is 47.4 Å². The minimum Gasteiger partial charge on any atom is -0.481 e. The quantitative estimate of drug-likeness (QED) is 0.916. The van der Waals surface area contributed by atoms with Crippen molar-refractivity contribution in [1.82, 2.24) is 0 Å². The lowest BCUT2D eigenvalue weighted by Crippen LogP contribution is -2.06. The minimum atomic E-state index is -1.42. The van der Waals surface area contributed by atoms with E-state index in [0.717, 1.165) is 0 Å². The monoisotopic (exact) mass is 326 g/mol. The summed E-state index contributed by atoms with van der Waals surface area (Å²) in [5.74, 6) is -1.35. The molecule has 0 saturated heterocycles. The molecule has 2 rings (SSSR count). The lowest BCUT2D eigenvalue weighted by atomic mass is 10.1. The summed E-state index contributed by atoms with van der Waals surface area (Å²) in [5, 5.41) is 8.79. The van der Waals surface area contributed by atoms with Gasteiger partial charge >= 0.3 is 5.97 Å². The highest BCUT2D eigenvalue weighted by molar-refractivity contribution is 7.84. The number of aliphatic carboxylic acids is 1. The second-order valence-electron chi connectivity index (χ2n) is 4.41. The van der Waals surface area contributed by atoms with Crippen molar-refractivity contribution in [3.8, 4) is 0 Å². The van der Waals surface area contributed by atoms with Crippen LogP contribution in [0.25, 0.3) is 0 Å². The molecule has 2 aromatic rings. The molecule has 0 saturated carbocycles. The first-order valence-corrected chi connectivity index (χ1v) is 7.79. The number of halogens is 2. The van der Waals surface area contributed by atoms with Gasteiger partial charge in [-0.3, -0.25) is 9.00 Å². The zero-order chi connectivity index (χ0) is 15.4. The first kappa shape index (κ1) is 15.7. The molecule has 6 heteroatoms. The molecular formula is C15H12ClFO3S. The predicted octanol–water partition coefficient (Wildman–Crippen LogP) is 3.41. The van der Waals surface area contributed by atoms with Gasteiger partial charge in [0.2, 0.25) is 0 Å². The Morgan fingerprint density at radius 3 is 2.48 bits per heavy atom. The molecule has 1 N–H and O–H groups in total. The van der Waals surface area contributed by atoms with E-state index < -0.39 is 22.6 Å².